The first kappa shape index (κ1) is 21.2. The van der Waals surface area contributed by atoms with Crippen LogP contribution in [0.2, 0.25) is 0 Å². The molecule has 0 spiro atoms. The van der Waals surface area contributed by atoms with E-state index >= 15 is 0 Å². The summed E-state index contributed by atoms with van der Waals surface area (Å²) in [7, 11) is 4.82. The van der Waals surface area contributed by atoms with Gasteiger partial charge in [0, 0.05) is 31.0 Å². The van der Waals surface area contributed by atoms with Crippen LogP contribution in [-0.4, -0.2) is 49.0 Å². The molecule has 1 aromatic heterocycles. The highest BCUT2D eigenvalue weighted by Gasteiger charge is 2.44. The van der Waals surface area contributed by atoms with Gasteiger partial charge in [0.05, 0.1) is 26.2 Å². The Morgan fingerprint density at radius 1 is 1.13 bits per heavy atom. The normalized spacial score (nSPS) is 21.4. The summed E-state index contributed by atoms with van der Waals surface area (Å²) in [5, 5.41) is 3.26. The quantitative estimate of drug-likeness (QED) is 0.797. The Hall–Kier alpha value is -3.09. The molecule has 1 aliphatic carbocycles. The minimum Gasteiger partial charge on any atom is -0.493 e. The average Bonchev–Trinajstić information content (AvgIpc) is 2.81. The van der Waals surface area contributed by atoms with E-state index in [1.54, 1.807) is 43.6 Å². The maximum atomic E-state index is 13.7. The highest BCUT2D eigenvalue weighted by Crippen LogP contribution is 2.45. The Morgan fingerprint density at radius 2 is 1.84 bits per heavy atom. The standard InChI is InChI=1S/C24H29N3O4/c1-27-22(15-8-7-11-25-14-15)21(23(28)26-16-9-5-4-6-10-16)17-12-19(30-2)20(31-3)13-18(17)24(27)29/h7-8,11-14,16,21-22H,4-6,9-10H2,1-3H3,(H,26,28)/t21-,22-/m1/s1. The van der Waals surface area contributed by atoms with Crippen LogP contribution in [0.15, 0.2) is 36.7 Å². The van der Waals surface area contributed by atoms with Crippen molar-refractivity contribution in [2.75, 3.05) is 21.3 Å². The molecule has 0 bridgehead atoms. The number of rotatable bonds is 5. The van der Waals surface area contributed by atoms with Gasteiger partial charge >= 0.3 is 0 Å². The average molecular weight is 424 g/mol. The zero-order valence-corrected chi connectivity index (χ0v) is 18.3. The molecule has 0 radical (unpaired) electrons. The minimum absolute atomic E-state index is 0.0754. The van der Waals surface area contributed by atoms with Crippen molar-refractivity contribution in [1.82, 2.24) is 15.2 Å². The summed E-state index contributed by atoms with van der Waals surface area (Å²) in [6.45, 7) is 0. The minimum atomic E-state index is -0.580. The smallest absolute Gasteiger partial charge is 0.254 e. The summed E-state index contributed by atoms with van der Waals surface area (Å²) in [6, 6.07) is 6.89. The molecule has 1 aromatic carbocycles. The second kappa shape index (κ2) is 8.96. The van der Waals surface area contributed by atoms with Gasteiger partial charge in [-0.1, -0.05) is 25.3 Å². The molecule has 7 nitrogen and oxygen atoms in total. The van der Waals surface area contributed by atoms with E-state index in [1.807, 2.05) is 12.1 Å². The summed E-state index contributed by atoms with van der Waals surface area (Å²) in [6.07, 6.45) is 8.86. The van der Waals surface area contributed by atoms with Gasteiger partial charge in [-0.25, -0.2) is 0 Å². The number of amides is 2. The van der Waals surface area contributed by atoms with E-state index in [1.165, 1.54) is 13.5 Å². The van der Waals surface area contributed by atoms with Gasteiger partial charge in [0.1, 0.15) is 0 Å². The summed E-state index contributed by atoms with van der Waals surface area (Å²) in [4.78, 5) is 32.8. The van der Waals surface area contributed by atoms with Crippen molar-refractivity contribution in [2.45, 2.75) is 50.1 Å². The molecule has 164 valence electrons. The zero-order valence-electron chi connectivity index (χ0n) is 18.3. The van der Waals surface area contributed by atoms with Gasteiger partial charge in [0.25, 0.3) is 5.91 Å². The van der Waals surface area contributed by atoms with E-state index in [-0.39, 0.29) is 17.9 Å². The van der Waals surface area contributed by atoms with Gasteiger partial charge in [-0.3, -0.25) is 14.6 Å². The lowest BCUT2D eigenvalue weighted by Crippen LogP contribution is -2.48. The number of hydrogen-bond donors (Lipinski definition) is 1. The lowest BCUT2D eigenvalue weighted by molar-refractivity contribution is -0.125. The van der Waals surface area contributed by atoms with Crippen LogP contribution in [-0.2, 0) is 4.79 Å². The van der Waals surface area contributed by atoms with E-state index in [0.29, 0.717) is 22.6 Å². The summed E-state index contributed by atoms with van der Waals surface area (Å²) >= 11 is 0. The monoisotopic (exact) mass is 423 g/mol. The Kier molecular flexibility index (Phi) is 6.11. The van der Waals surface area contributed by atoms with Gasteiger partial charge in [-0.15, -0.1) is 0 Å². The third-order valence-electron chi connectivity index (χ3n) is 6.43. The molecule has 2 atom stereocenters. The third-order valence-corrected chi connectivity index (χ3v) is 6.43. The second-order valence-electron chi connectivity index (χ2n) is 8.26. The number of benzene rings is 1. The van der Waals surface area contributed by atoms with Crippen molar-refractivity contribution in [3.05, 3.63) is 53.3 Å². The first-order valence-electron chi connectivity index (χ1n) is 10.8. The lowest BCUT2D eigenvalue weighted by Gasteiger charge is -2.40. The predicted octanol–water partition coefficient (Wildman–Crippen LogP) is 3.46. The fourth-order valence-corrected chi connectivity index (χ4v) is 4.84. The number of ether oxygens (including phenoxy) is 2. The molecule has 4 rings (SSSR count). The molecule has 2 amide bonds. The fourth-order valence-electron chi connectivity index (χ4n) is 4.84. The number of hydrogen-bond acceptors (Lipinski definition) is 5. The van der Waals surface area contributed by atoms with Gasteiger partial charge in [-0.2, -0.15) is 0 Å². The van der Waals surface area contributed by atoms with Crippen molar-refractivity contribution in [3.8, 4) is 11.5 Å². The summed E-state index contributed by atoms with van der Waals surface area (Å²) in [5.74, 6) is 0.150. The van der Waals surface area contributed by atoms with Crippen molar-refractivity contribution in [2.24, 2.45) is 0 Å². The van der Waals surface area contributed by atoms with E-state index in [4.69, 9.17) is 9.47 Å². The van der Waals surface area contributed by atoms with Crippen LogP contribution in [0, 0.1) is 0 Å². The topological polar surface area (TPSA) is 80.8 Å². The number of methoxy groups -OCH3 is 2. The number of nitrogens with one attached hydrogen (secondary N) is 1. The number of likely N-dealkylation sites (N-methyl/N-ethyl adjacent to an activating group) is 1. The molecule has 2 heterocycles. The molecular weight excluding hydrogens is 394 g/mol. The van der Waals surface area contributed by atoms with Crippen molar-refractivity contribution in [1.29, 1.82) is 0 Å². The number of carbonyl (C=O) groups is 2. The highest BCUT2D eigenvalue weighted by molar-refractivity contribution is 6.02. The number of pyridine rings is 1. The number of nitrogens with zero attached hydrogens (tertiary/aromatic N) is 2. The van der Waals surface area contributed by atoms with Gasteiger partial charge in [0.15, 0.2) is 11.5 Å². The number of aromatic nitrogens is 1. The maximum Gasteiger partial charge on any atom is 0.254 e. The first-order chi connectivity index (χ1) is 15.0. The number of fused-ring (bicyclic) bond motifs is 1. The SMILES string of the molecule is COc1cc2c(cc1OC)[C@@H](C(=O)NC1CCCCC1)[C@@H](c1cccnc1)N(C)C2=O. The Morgan fingerprint density at radius 3 is 2.48 bits per heavy atom. The largest absolute Gasteiger partial charge is 0.493 e. The van der Waals surface area contributed by atoms with Crippen molar-refractivity contribution >= 4 is 11.8 Å². The molecule has 2 aliphatic rings. The zero-order chi connectivity index (χ0) is 22.0. The first-order valence-corrected chi connectivity index (χ1v) is 10.8. The van der Waals surface area contributed by atoms with Gasteiger partial charge in [-0.05, 0) is 42.2 Å². The van der Waals surface area contributed by atoms with E-state index in [9.17, 15) is 9.59 Å². The van der Waals surface area contributed by atoms with Crippen molar-refractivity contribution < 1.29 is 19.1 Å². The van der Waals surface area contributed by atoms with Crippen molar-refractivity contribution in [3.63, 3.8) is 0 Å². The van der Waals surface area contributed by atoms with Crippen LogP contribution in [0.3, 0.4) is 0 Å². The summed E-state index contributed by atoms with van der Waals surface area (Å²) < 4.78 is 10.9. The predicted molar refractivity (Wildman–Crippen MR) is 116 cm³/mol. The lowest BCUT2D eigenvalue weighted by atomic mass is 9.79. The second-order valence-corrected chi connectivity index (χ2v) is 8.26. The molecule has 1 fully saturated rings. The van der Waals surface area contributed by atoms with Crippen LogP contribution in [0.5, 0.6) is 11.5 Å². The molecule has 1 aliphatic heterocycles. The van der Waals surface area contributed by atoms with Crippen LogP contribution in [0.4, 0.5) is 0 Å². The molecule has 31 heavy (non-hydrogen) atoms. The van der Waals surface area contributed by atoms with Gasteiger partial charge < -0.3 is 19.7 Å². The van der Waals surface area contributed by atoms with Crippen LogP contribution < -0.4 is 14.8 Å². The summed E-state index contributed by atoms with van der Waals surface area (Å²) in [5.41, 5.74) is 1.94. The number of carbonyl (C=O) groups excluding carboxylic acids is 2. The molecule has 1 saturated carbocycles. The molecule has 1 N–H and O–H groups in total. The molecule has 7 heteroatoms. The highest BCUT2D eigenvalue weighted by atomic mass is 16.5. The Bertz CT molecular complexity index is 957. The van der Waals surface area contributed by atoms with Gasteiger partial charge in [0.2, 0.25) is 5.91 Å². The molecule has 0 saturated heterocycles. The van der Waals surface area contributed by atoms with E-state index in [2.05, 4.69) is 10.3 Å². The maximum absolute atomic E-state index is 13.7. The molecule has 2 aromatic rings. The van der Waals surface area contributed by atoms with E-state index < -0.39 is 12.0 Å². The Balaban J connectivity index is 1.82. The van der Waals surface area contributed by atoms with Crippen LogP contribution in [0.25, 0.3) is 0 Å². The van der Waals surface area contributed by atoms with Crippen LogP contribution >= 0.6 is 0 Å². The molecular formula is C24H29N3O4. The van der Waals surface area contributed by atoms with Crippen LogP contribution in [0.1, 0.15) is 65.5 Å². The fraction of sp³-hybridized carbons (Fsp3) is 0.458. The van der Waals surface area contributed by atoms with E-state index in [0.717, 1.165) is 31.2 Å². The molecule has 0 unspecified atom stereocenters. The third kappa shape index (κ3) is 3.96. The Labute approximate surface area is 182 Å².